The minimum absolute atomic E-state index is 0.0783. The van der Waals surface area contributed by atoms with Crippen molar-refractivity contribution in [2.75, 3.05) is 13.1 Å². The molecule has 0 fully saturated rings. The van der Waals surface area contributed by atoms with Crippen LogP contribution in [-0.4, -0.2) is 38.4 Å². The molecule has 0 bridgehead atoms. The van der Waals surface area contributed by atoms with E-state index >= 15 is 0 Å². The molecular formula is C19H22N4O2. The summed E-state index contributed by atoms with van der Waals surface area (Å²) in [6, 6.07) is 9.04. The van der Waals surface area contributed by atoms with E-state index in [4.69, 9.17) is 0 Å². The highest BCUT2D eigenvalue weighted by molar-refractivity contribution is 5.93. The highest BCUT2D eigenvalue weighted by Crippen LogP contribution is 2.16. The summed E-state index contributed by atoms with van der Waals surface area (Å²) in [7, 11) is 1.64. The molecule has 1 amide bonds. The smallest absolute Gasteiger partial charge is 0.255 e. The van der Waals surface area contributed by atoms with Gasteiger partial charge in [-0.25, -0.2) is 4.98 Å². The van der Waals surface area contributed by atoms with E-state index in [-0.39, 0.29) is 11.5 Å². The van der Waals surface area contributed by atoms with Crippen LogP contribution in [-0.2, 0) is 13.5 Å². The molecule has 0 aliphatic carbocycles. The Kier molecular flexibility index (Phi) is 4.70. The first-order valence-corrected chi connectivity index (χ1v) is 8.39. The van der Waals surface area contributed by atoms with Gasteiger partial charge in [0.15, 0.2) is 0 Å². The fraction of sp³-hybridized carbons (Fsp3) is 0.316. The summed E-state index contributed by atoms with van der Waals surface area (Å²) < 4.78 is 1.42. The second-order valence-corrected chi connectivity index (χ2v) is 6.16. The van der Waals surface area contributed by atoms with E-state index in [1.807, 2.05) is 32.0 Å². The molecule has 2 heterocycles. The van der Waals surface area contributed by atoms with Gasteiger partial charge in [0.2, 0.25) is 5.56 Å². The summed E-state index contributed by atoms with van der Waals surface area (Å²) in [4.78, 5) is 33.9. The number of rotatable bonds is 5. The molecule has 0 aliphatic heterocycles. The molecule has 0 saturated heterocycles. The molecular weight excluding hydrogens is 316 g/mol. The average Bonchev–Trinajstić information content (AvgIpc) is 3.02. The number of aromatic amines is 1. The monoisotopic (exact) mass is 338 g/mol. The Morgan fingerprint density at radius 2 is 2.08 bits per heavy atom. The summed E-state index contributed by atoms with van der Waals surface area (Å²) in [6.45, 7) is 5.15. The first kappa shape index (κ1) is 17.0. The number of hydrogen-bond donors (Lipinski definition) is 1. The minimum Gasteiger partial charge on any atom is -0.342 e. The Bertz CT molecular complexity index is 971. The van der Waals surface area contributed by atoms with Crippen molar-refractivity contribution in [3.8, 4) is 0 Å². The van der Waals surface area contributed by atoms with Gasteiger partial charge in [0.05, 0.1) is 16.6 Å². The van der Waals surface area contributed by atoms with Gasteiger partial charge in [0.25, 0.3) is 5.91 Å². The van der Waals surface area contributed by atoms with Gasteiger partial charge < -0.3 is 14.5 Å². The van der Waals surface area contributed by atoms with E-state index < -0.39 is 0 Å². The Morgan fingerprint density at radius 1 is 1.28 bits per heavy atom. The van der Waals surface area contributed by atoms with Crippen LogP contribution in [0.25, 0.3) is 11.0 Å². The highest BCUT2D eigenvalue weighted by Gasteiger charge is 2.15. The van der Waals surface area contributed by atoms with E-state index in [0.717, 1.165) is 22.4 Å². The number of carbonyl (C=O) groups excluding carboxylic acids is 1. The number of carbonyl (C=O) groups is 1. The van der Waals surface area contributed by atoms with Crippen LogP contribution in [0, 0.1) is 6.92 Å². The number of para-hydroxylation sites is 1. The van der Waals surface area contributed by atoms with Crippen LogP contribution in [0.5, 0.6) is 0 Å². The zero-order valence-corrected chi connectivity index (χ0v) is 14.7. The number of aromatic nitrogens is 3. The summed E-state index contributed by atoms with van der Waals surface area (Å²) >= 11 is 0. The van der Waals surface area contributed by atoms with Gasteiger partial charge in [-0.3, -0.25) is 9.59 Å². The topological polar surface area (TPSA) is 71.0 Å². The number of nitrogens with one attached hydrogen (secondary N) is 1. The molecule has 1 N–H and O–H groups in total. The zero-order chi connectivity index (χ0) is 18.0. The Hall–Kier alpha value is -2.89. The lowest BCUT2D eigenvalue weighted by Gasteiger charge is -2.20. The van der Waals surface area contributed by atoms with Crippen LogP contribution in [0.2, 0.25) is 0 Å². The third kappa shape index (κ3) is 3.47. The first-order valence-electron chi connectivity index (χ1n) is 8.39. The van der Waals surface area contributed by atoms with E-state index in [1.165, 1.54) is 10.6 Å². The average molecular weight is 338 g/mol. The predicted molar refractivity (Wildman–Crippen MR) is 97.8 cm³/mol. The number of aryl methyl sites for hydroxylation is 2. The van der Waals surface area contributed by atoms with Gasteiger partial charge in [0, 0.05) is 38.8 Å². The summed E-state index contributed by atoms with van der Waals surface area (Å²) in [5, 5.41) is 0. The molecule has 3 rings (SSSR count). The molecule has 130 valence electrons. The second-order valence-electron chi connectivity index (χ2n) is 6.16. The molecule has 2 aromatic heterocycles. The van der Waals surface area contributed by atoms with Crippen LogP contribution < -0.4 is 5.56 Å². The molecule has 0 spiro atoms. The van der Waals surface area contributed by atoms with Gasteiger partial charge in [-0.1, -0.05) is 12.1 Å². The lowest BCUT2D eigenvalue weighted by molar-refractivity contribution is 0.0764. The van der Waals surface area contributed by atoms with E-state index in [2.05, 4.69) is 9.97 Å². The Balaban J connectivity index is 1.74. The lowest BCUT2D eigenvalue weighted by atomic mass is 10.2. The molecule has 6 heteroatoms. The fourth-order valence-electron chi connectivity index (χ4n) is 2.89. The van der Waals surface area contributed by atoms with Crippen molar-refractivity contribution in [2.45, 2.75) is 20.3 Å². The number of pyridine rings is 1. The molecule has 6 nitrogen and oxygen atoms in total. The van der Waals surface area contributed by atoms with Gasteiger partial charge in [-0.2, -0.15) is 0 Å². The highest BCUT2D eigenvalue weighted by atomic mass is 16.2. The largest absolute Gasteiger partial charge is 0.342 e. The van der Waals surface area contributed by atoms with Gasteiger partial charge in [-0.15, -0.1) is 0 Å². The molecule has 0 aliphatic rings. The van der Waals surface area contributed by atoms with Crippen molar-refractivity contribution in [1.82, 2.24) is 19.4 Å². The zero-order valence-electron chi connectivity index (χ0n) is 14.7. The molecule has 0 saturated carbocycles. The maximum atomic E-state index is 12.7. The van der Waals surface area contributed by atoms with Crippen LogP contribution in [0.1, 0.15) is 28.7 Å². The number of benzene rings is 1. The minimum atomic E-state index is -0.128. The number of H-pyrrole nitrogens is 1. The third-order valence-electron chi connectivity index (χ3n) is 4.38. The molecule has 25 heavy (non-hydrogen) atoms. The van der Waals surface area contributed by atoms with Crippen molar-refractivity contribution >= 4 is 16.9 Å². The quantitative estimate of drug-likeness (QED) is 0.776. The summed E-state index contributed by atoms with van der Waals surface area (Å²) in [5.74, 6) is 0.793. The molecule has 1 aromatic carbocycles. The maximum absolute atomic E-state index is 12.7. The van der Waals surface area contributed by atoms with Crippen molar-refractivity contribution in [3.63, 3.8) is 0 Å². The number of imidazole rings is 1. The lowest BCUT2D eigenvalue weighted by Crippen LogP contribution is -2.33. The standard InChI is InChI=1S/C19H22N4O2/c1-4-23(19(25)14-8-9-17(24)22(3)12-14)11-10-16-20-15-7-5-6-13(2)18(15)21-16/h5-9,12H,4,10-11H2,1-3H3,(H,20,21). The third-order valence-corrected chi connectivity index (χ3v) is 4.38. The van der Waals surface area contributed by atoms with Crippen molar-refractivity contribution in [2.24, 2.45) is 7.05 Å². The van der Waals surface area contributed by atoms with Crippen molar-refractivity contribution < 1.29 is 4.79 Å². The number of fused-ring (bicyclic) bond motifs is 1. The van der Waals surface area contributed by atoms with E-state index in [1.54, 1.807) is 24.2 Å². The fourth-order valence-corrected chi connectivity index (χ4v) is 2.89. The van der Waals surface area contributed by atoms with Crippen LogP contribution >= 0.6 is 0 Å². The van der Waals surface area contributed by atoms with Gasteiger partial charge >= 0.3 is 0 Å². The summed E-state index contributed by atoms with van der Waals surface area (Å²) in [6.07, 6.45) is 2.23. The van der Waals surface area contributed by atoms with Crippen LogP contribution in [0.3, 0.4) is 0 Å². The molecule has 0 unspecified atom stereocenters. The number of amides is 1. The maximum Gasteiger partial charge on any atom is 0.255 e. The first-order chi connectivity index (χ1) is 12.0. The van der Waals surface area contributed by atoms with Crippen LogP contribution in [0.15, 0.2) is 41.3 Å². The second kappa shape index (κ2) is 6.93. The van der Waals surface area contributed by atoms with Crippen molar-refractivity contribution in [1.29, 1.82) is 0 Å². The molecule has 3 aromatic rings. The number of nitrogens with zero attached hydrogens (tertiary/aromatic N) is 3. The van der Waals surface area contributed by atoms with E-state index in [0.29, 0.717) is 25.1 Å². The van der Waals surface area contributed by atoms with Gasteiger partial charge in [0.1, 0.15) is 5.82 Å². The normalized spacial score (nSPS) is 11.0. The van der Waals surface area contributed by atoms with Crippen LogP contribution in [0.4, 0.5) is 0 Å². The van der Waals surface area contributed by atoms with Crippen molar-refractivity contribution in [3.05, 3.63) is 63.8 Å². The predicted octanol–water partition coefficient (Wildman–Crippen LogP) is 2.27. The molecule has 0 atom stereocenters. The van der Waals surface area contributed by atoms with E-state index in [9.17, 15) is 9.59 Å². The SMILES string of the molecule is CCN(CCc1nc2c(C)cccc2[nH]1)C(=O)c1ccc(=O)n(C)c1. The number of hydrogen-bond acceptors (Lipinski definition) is 3. The Labute approximate surface area is 146 Å². The molecule has 0 radical (unpaired) electrons. The van der Waals surface area contributed by atoms with Gasteiger partial charge in [-0.05, 0) is 31.5 Å². The Morgan fingerprint density at radius 3 is 2.76 bits per heavy atom. The summed E-state index contributed by atoms with van der Waals surface area (Å²) in [5.41, 5.74) is 3.52. The number of likely N-dealkylation sites (N-methyl/N-ethyl adjacent to an activating group) is 1.